The smallest absolute Gasteiger partial charge is 0.251 e. The van der Waals surface area contributed by atoms with Crippen LogP contribution in [0.2, 0.25) is 0 Å². The van der Waals surface area contributed by atoms with E-state index in [1.807, 2.05) is 30.9 Å². The summed E-state index contributed by atoms with van der Waals surface area (Å²) in [4.78, 5) is 43.8. The van der Waals surface area contributed by atoms with E-state index < -0.39 is 0 Å². The van der Waals surface area contributed by atoms with E-state index in [1.54, 1.807) is 6.92 Å². The number of anilines is 1. The van der Waals surface area contributed by atoms with Crippen LogP contribution >= 0.6 is 0 Å². The highest BCUT2D eigenvalue weighted by Crippen LogP contribution is 2.34. The molecule has 0 aromatic heterocycles. The van der Waals surface area contributed by atoms with Crippen molar-refractivity contribution in [3.05, 3.63) is 53.1 Å². The van der Waals surface area contributed by atoms with E-state index in [0.717, 1.165) is 74.5 Å². The van der Waals surface area contributed by atoms with Crippen molar-refractivity contribution in [1.29, 1.82) is 0 Å². The Bertz CT molecular complexity index is 1300. The predicted molar refractivity (Wildman–Crippen MR) is 167 cm³/mol. The summed E-state index contributed by atoms with van der Waals surface area (Å²) < 4.78 is 11.1. The van der Waals surface area contributed by atoms with Gasteiger partial charge in [-0.05, 0) is 73.4 Å². The minimum atomic E-state index is -0.280. The van der Waals surface area contributed by atoms with Crippen molar-refractivity contribution in [2.45, 2.75) is 65.6 Å². The average molecular weight is 591 g/mol. The number of nitrogens with one attached hydrogen (secondary N) is 2. The summed E-state index contributed by atoms with van der Waals surface area (Å²) in [6, 6.07) is 12.5. The maximum atomic E-state index is 13.8. The number of benzene rings is 2. The van der Waals surface area contributed by atoms with E-state index in [-0.39, 0.29) is 48.2 Å². The Morgan fingerprint density at radius 2 is 1.67 bits per heavy atom. The molecule has 5 rings (SSSR count). The lowest BCUT2D eigenvalue weighted by atomic mass is 9.84. The van der Waals surface area contributed by atoms with Crippen molar-refractivity contribution < 1.29 is 23.9 Å². The summed E-state index contributed by atoms with van der Waals surface area (Å²) in [6.45, 7) is 13.3. The van der Waals surface area contributed by atoms with Crippen molar-refractivity contribution in [1.82, 2.24) is 15.5 Å². The summed E-state index contributed by atoms with van der Waals surface area (Å²) >= 11 is 0. The molecule has 0 radical (unpaired) electrons. The van der Waals surface area contributed by atoms with Crippen LogP contribution < -0.4 is 15.5 Å². The number of ether oxygens (including phenoxy) is 2. The number of carbonyl (C=O) groups excluding carboxylic acids is 3. The minimum Gasteiger partial charge on any atom is -0.381 e. The van der Waals surface area contributed by atoms with Gasteiger partial charge in [-0.25, -0.2) is 0 Å². The van der Waals surface area contributed by atoms with Crippen LogP contribution in [0.4, 0.5) is 5.69 Å². The molecule has 3 amide bonds. The summed E-state index contributed by atoms with van der Waals surface area (Å²) in [5.74, 6) is -0.417. The van der Waals surface area contributed by atoms with Gasteiger partial charge in [-0.2, -0.15) is 0 Å². The first-order valence-corrected chi connectivity index (χ1v) is 15.7. The molecule has 0 saturated carbocycles. The molecule has 3 heterocycles. The molecule has 232 valence electrons. The van der Waals surface area contributed by atoms with Crippen molar-refractivity contribution in [3.8, 4) is 11.1 Å². The fourth-order valence-electron chi connectivity index (χ4n) is 6.72. The van der Waals surface area contributed by atoms with E-state index >= 15 is 0 Å². The van der Waals surface area contributed by atoms with Crippen molar-refractivity contribution in [2.24, 2.45) is 11.8 Å². The standard InChI is InChI=1S/C34H46N4O5/c1-22-17-23(2)36-34(41)31(22)20-35-33(40)30-18-28(27-7-5-26(6-8-27)21-37-11-15-43-16-12-37)19-32(24(30)3)38(25(4)39)29-9-13-42-14-10-29/h5-8,18-19,22-23,29,31H,9-17,20-21H2,1-4H3,(H,35,40)(H,36,41). The Morgan fingerprint density at radius 1 is 1.00 bits per heavy atom. The van der Waals surface area contributed by atoms with Crippen LogP contribution in [0.5, 0.6) is 0 Å². The predicted octanol–water partition coefficient (Wildman–Crippen LogP) is 3.92. The van der Waals surface area contributed by atoms with Gasteiger partial charge < -0.3 is 25.0 Å². The first-order chi connectivity index (χ1) is 20.7. The largest absolute Gasteiger partial charge is 0.381 e. The lowest BCUT2D eigenvalue weighted by Gasteiger charge is -2.35. The zero-order valence-electron chi connectivity index (χ0n) is 26.0. The number of piperidine rings is 1. The van der Waals surface area contributed by atoms with Gasteiger partial charge in [0.15, 0.2) is 0 Å². The molecule has 0 aliphatic carbocycles. The molecule has 3 saturated heterocycles. The second kappa shape index (κ2) is 14.0. The fraction of sp³-hybridized carbons (Fsp3) is 0.559. The second-order valence-electron chi connectivity index (χ2n) is 12.4. The van der Waals surface area contributed by atoms with Gasteiger partial charge in [-0.1, -0.05) is 31.2 Å². The van der Waals surface area contributed by atoms with Crippen LogP contribution in [0, 0.1) is 18.8 Å². The van der Waals surface area contributed by atoms with E-state index in [9.17, 15) is 14.4 Å². The van der Waals surface area contributed by atoms with Gasteiger partial charge in [-0.3, -0.25) is 19.3 Å². The van der Waals surface area contributed by atoms with Gasteiger partial charge in [0.1, 0.15) is 0 Å². The Hall–Kier alpha value is -3.27. The monoisotopic (exact) mass is 590 g/mol. The molecule has 3 aliphatic heterocycles. The summed E-state index contributed by atoms with van der Waals surface area (Å²) in [6.07, 6.45) is 2.37. The second-order valence-corrected chi connectivity index (χ2v) is 12.4. The number of morpholine rings is 1. The Kier molecular flexibility index (Phi) is 10.2. The molecule has 3 atom stereocenters. The van der Waals surface area contributed by atoms with Crippen LogP contribution in [-0.4, -0.2) is 80.8 Å². The molecular formula is C34H46N4O5. The molecule has 3 fully saturated rings. The van der Waals surface area contributed by atoms with Crippen LogP contribution in [-0.2, 0) is 25.6 Å². The first kappa shape index (κ1) is 31.2. The van der Waals surface area contributed by atoms with Crippen molar-refractivity contribution in [2.75, 3.05) is 51.0 Å². The first-order valence-electron chi connectivity index (χ1n) is 15.7. The zero-order valence-corrected chi connectivity index (χ0v) is 26.0. The minimum absolute atomic E-state index is 0.000726. The summed E-state index contributed by atoms with van der Waals surface area (Å²) in [7, 11) is 0. The lowest BCUT2D eigenvalue weighted by molar-refractivity contribution is -0.129. The molecular weight excluding hydrogens is 544 g/mol. The van der Waals surface area contributed by atoms with E-state index in [4.69, 9.17) is 9.47 Å². The number of hydrogen-bond donors (Lipinski definition) is 2. The third kappa shape index (κ3) is 7.45. The number of nitrogens with zero attached hydrogens (tertiary/aromatic N) is 2. The summed E-state index contributed by atoms with van der Waals surface area (Å²) in [5.41, 5.74) is 5.09. The van der Waals surface area contributed by atoms with Crippen LogP contribution in [0.1, 0.15) is 61.5 Å². The quantitative estimate of drug-likeness (QED) is 0.484. The summed E-state index contributed by atoms with van der Waals surface area (Å²) in [5, 5.41) is 6.07. The molecule has 43 heavy (non-hydrogen) atoms. The zero-order chi connectivity index (χ0) is 30.5. The number of carbonyl (C=O) groups is 3. The molecule has 2 N–H and O–H groups in total. The van der Waals surface area contributed by atoms with Crippen LogP contribution in [0.25, 0.3) is 11.1 Å². The van der Waals surface area contributed by atoms with E-state index in [1.165, 1.54) is 5.56 Å². The molecule has 9 nitrogen and oxygen atoms in total. The molecule has 3 unspecified atom stereocenters. The number of amides is 3. The maximum absolute atomic E-state index is 13.8. The molecule has 2 aromatic carbocycles. The van der Waals surface area contributed by atoms with Gasteiger partial charge in [0, 0.05) is 69.7 Å². The SMILES string of the molecule is CC(=O)N(c1cc(-c2ccc(CN3CCOCC3)cc2)cc(C(=O)NCC2C(=O)NC(C)CC2C)c1C)C1CCOCC1. The highest BCUT2D eigenvalue weighted by atomic mass is 16.5. The van der Waals surface area contributed by atoms with Gasteiger partial charge in [0.05, 0.1) is 19.1 Å². The Morgan fingerprint density at radius 3 is 2.33 bits per heavy atom. The van der Waals surface area contributed by atoms with Crippen molar-refractivity contribution >= 4 is 23.4 Å². The normalized spacial score (nSPS) is 23.4. The molecule has 0 bridgehead atoms. The van der Waals surface area contributed by atoms with E-state index in [2.05, 4.69) is 46.7 Å². The third-order valence-corrected chi connectivity index (χ3v) is 9.20. The lowest BCUT2D eigenvalue weighted by Crippen LogP contribution is -2.50. The van der Waals surface area contributed by atoms with Crippen LogP contribution in [0.15, 0.2) is 36.4 Å². The topological polar surface area (TPSA) is 100 Å². The third-order valence-electron chi connectivity index (χ3n) is 9.20. The van der Waals surface area contributed by atoms with Crippen LogP contribution in [0.3, 0.4) is 0 Å². The Labute approximate surface area is 255 Å². The highest BCUT2D eigenvalue weighted by Gasteiger charge is 2.33. The van der Waals surface area contributed by atoms with Gasteiger partial charge in [-0.15, -0.1) is 0 Å². The molecule has 2 aromatic rings. The highest BCUT2D eigenvalue weighted by molar-refractivity contribution is 6.02. The number of rotatable bonds is 8. The van der Waals surface area contributed by atoms with Gasteiger partial charge in [0.2, 0.25) is 11.8 Å². The molecule has 3 aliphatic rings. The fourth-order valence-corrected chi connectivity index (χ4v) is 6.72. The van der Waals surface area contributed by atoms with Gasteiger partial charge >= 0.3 is 0 Å². The molecule has 0 spiro atoms. The Balaban J connectivity index is 1.45. The average Bonchev–Trinajstić information content (AvgIpc) is 2.99. The molecule has 9 heteroatoms. The van der Waals surface area contributed by atoms with E-state index in [0.29, 0.717) is 18.8 Å². The maximum Gasteiger partial charge on any atom is 0.251 e. The number of hydrogen-bond acceptors (Lipinski definition) is 6. The van der Waals surface area contributed by atoms with Crippen molar-refractivity contribution in [3.63, 3.8) is 0 Å². The van der Waals surface area contributed by atoms with Gasteiger partial charge in [0.25, 0.3) is 5.91 Å².